The lowest BCUT2D eigenvalue weighted by molar-refractivity contribution is 0.152. The molecule has 0 amide bonds. The van der Waals surface area contributed by atoms with E-state index in [2.05, 4.69) is 0 Å². The number of ether oxygens (including phenoxy) is 1. The van der Waals surface area contributed by atoms with Gasteiger partial charge in [0.25, 0.3) is 0 Å². The summed E-state index contributed by atoms with van der Waals surface area (Å²) in [7, 11) is 1.41. The summed E-state index contributed by atoms with van der Waals surface area (Å²) >= 11 is 0. The molecule has 0 spiro atoms. The molecule has 90 valence electrons. The van der Waals surface area contributed by atoms with Gasteiger partial charge in [-0.05, 0) is 6.92 Å². The third-order valence-electron chi connectivity index (χ3n) is 2.57. The van der Waals surface area contributed by atoms with Crippen molar-refractivity contribution in [1.29, 1.82) is 0 Å². The molecule has 0 radical (unpaired) electrons. The van der Waals surface area contributed by atoms with Crippen molar-refractivity contribution < 1.29 is 19.4 Å². The van der Waals surface area contributed by atoms with E-state index < -0.39 is 11.7 Å². The monoisotopic (exact) mass is 228 g/mol. The fourth-order valence-corrected chi connectivity index (χ4v) is 1.44. The Morgan fingerprint density at radius 3 is 2.56 bits per heavy atom. The summed E-state index contributed by atoms with van der Waals surface area (Å²) in [5, 5.41) is 18.7. The number of hydrogen-bond donors (Lipinski definition) is 2. The standard InChI is InChI=1S/C11H16O5/c1-6(7(2)13)11-8(5-12)9(15-3)4-10(14)16-11/h4,6-7,12-13H,5H2,1-3H3/t6-,7+/m0/s1. The molecule has 0 fully saturated rings. The number of rotatable bonds is 4. The SMILES string of the molecule is COc1cc(=O)oc([C@@H](C)[C@@H](C)O)c1CO. The Hall–Kier alpha value is -1.33. The van der Waals surface area contributed by atoms with Gasteiger partial charge in [0.1, 0.15) is 11.5 Å². The van der Waals surface area contributed by atoms with Crippen molar-refractivity contribution in [2.24, 2.45) is 0 Å². The Balaban J connectivity index is 3.36. The molecule has 5 heteroatoms. The van der Waals surface area contributed by atoms with E-state index in [1.165, 1.54) is 13.2 Å². The topological polar surface area (TPSA) is 79.9 Å². The van der Waals surface area contributed by atoms with Crippen LogP contribution in [0.3, 0.4) is 0 Å². The van der Waals surface area contributed by atoms with E-state index in [9.17, 15) is 15.0 Å². The van der Waals surface area contributed by atoms with Gasteiger partial charge in [-0.15, -0.1) is 0 Å². The molecule has 1 heterocycles. The second-order valence-electron chi connectivity index (χ2n) is 3.66. The maximum atomic E-state index is 11.3. The summed E-state index contributed by atoms with van der Waals surface area (Å²) < 4.78 is 10.00. The predicted molar refractivity (Wildman–Crippen MR) is 57.5 cm³/mol. The molecule has 16 heavy (non-hydrogen) atoms. The maximum absolute atomic E-state index is 11.3. The van der Waals surface area contributed by atoms with Gasteiger partial charge in [0.15, 0.2) is 0 Å². The average Bonchev–Trinajstić information content (AvgIpc) is 2.26. The quantitative estimate of drug-likeness (QED) is 0.789. The van der Waals surface area contributed by atoms with Crippen LogP contribution in [0.5, 0.6) is 5.75 Å². The van der Waals surface area contributed by atoms with Crippen LogP contribution >= 0.6 is 0 Å². The lowest BCUT2D eigenvalue weighted by Gasteiger charge is -2.17. The van der Waals surface area contributed by atoms with E-state index in [0.29, 0.717) is 5.56 Å². The first-order chi connectivity index (χ1) is 7.51. The van der Waals surface area contributed by atoms with Crippen molar-refractivity contribution in [3.8, 4) is 5.75 Å². The highest BCUT2D eigenvalue weighted by atomic mass is 16.5. The molecule has 0 aromatic carbocycles. The lowest BCUT2D eigenvalue weighted by Crippen LogP contribution is -2.16. The molecule has 5 nitrogen and oxygen atoms in total. The highest BCUT2D eigenvalue weighted by molar-refractivity contribution is 5.35. The first kappa shape index (κ1) is 12.7. The highest BCUT2D eigenvalue weighted by Gasteiger charge is 2.21. The van der Waals surface area contributed by atoms with Crippen LogP contribution in [0, 0.1) is 0 Å². The summed E-state index contributed by atoms with van der Waals surface area (Å²) in [4.78, 5) is 11.3. The minimum absolute atomic E-state index is 0.266. The summed E-state index contributed by atoms with van der Waals surface area (Å²) in [6.07, 6.45) is -0.680. The van der Waals surface area contributed by atoms with E-state index in [-0.39, 0.29) is 24.0 Å². The van der Waals surface area contributed by atoms with E-state index in [1.807, 2.05) is 0 Å². The summed E-state index contributed by atoms with van der Waals surface area (Å²) in [5.74, 6) is 0.160. The van der Waals surface area contributed by atoms with Gasteiger partial charge in [-0.25, -0.2) is 4.79 Å². The van der Waals surface area contributed by atoms with Gasteiger partial charge in [0.2, 0.25) is 0 Å². The Labute approximate surface area is 93.3 Å². The van der Waals surface area contributed by atoms with Crippen LogP contribution in [0.4, 0.5) is 0 Å². The number of aliphatic hydroxyl groups is 2. The molecular weight excluding hydrogens is 212 g/mol. The fraction of sp³-hybridized carbons (Fsp3) is 0.545. The molecule has 0 bridgehead atoms. The summed E-state index contributed by atoms with van der Waals surface area (Å²) in [6, 6.07) is 1.17. The van der Waals surface area contributed by atoms with Gasteiger partial charge in [0.05, 0.1) is 31.5 Å². The number of methoxy groups -OCH3 is 1. The molecule has 0 aliphatic rings. The molecule has 0 aliphatic heterocycles. The zero-order chi connectivity index (χ0) is 12.3. The third-order valence-corrected chi connectivity index (χ3v) is 2.57. The van der Waals surface area contributed by atoms with E-state index in [1.54, 1.807) is 13.8 Å². The van der Waals surface area contributed by atoms with Crippen molar-refractivity contribution in [3.05, 3.63) is 27.8 Å². The first-order valence-corrected chi connectivity index (χ1v) is 5.01. The fourth-order valence-electron chi connectivity index (χ4n) is 1.44. The molecular formula is C11H16O5. The van der Waals surface area contributed by atoms with Crippen LogP contribution in [-0.4, -0.2) is 23.4 Å². The molecule has 1 aromatic rings. The lowest BCUT2D eigenvalue weighted by atomic mass is 9.98. The minimum Gasteiger partial charge on any atom is -0.496 e. The van der Waals surface area contributed by atoms with Crippen LogP contribution < -0.4 is 10.4 Å². The molecule has 0 aliphatic carbocycles. The van der Waals surface area contributed by atoms with Crippen LogP contribution in [-0.2, 0) is 6.61 Å². The Bertz CT molecular complexity index is 407. The van der Waals surface area contributed by atoms with Gasteiger partial charge in [-0.3, -0.25) is 0 Å². The normalized spacial score (nSPS) is 14.6. The van der Waals surface area contributed by atoms with Gasteiger partial charge < -0.3 is 19.4 Å². The van der Waals surface area contributed by atoms with E-state index in [0.717, 1.165) is 0 Å². The zero-order valence-corrected chi connectivity index (χ0v) is 9.56. The van der Waals surface area contributed by atoms with Crippen molar-refractivity contribution in [2.75, 3.05) is 7.11 Å². The van der Waals surface area contributed by atoms with Gasteiger partial charge in [0, 0.05) is 5.92 Å². The molecule has 2 atom stereocenters. The van der Waals surface area contributed by atoms with Crippen molar-refractivity contribution in [3.63, 3.8) is 0 Å². The van der Waals surface area contributed by atoms with Gasteiger partial charge in [-0.1, -0.05) is 6.92 Å². The molecule has 0 saturated heterocycles. The van der Waals surface area contributed by atoms with Crippen LogP contribution in [0.1, 0.15) is 31.1 Å². The first-order valence-electron chi connectivity index (χ1n) is 5.01. The second-order valence-corrected chi connectivity index (χ2v) is 3.66. The molecule has 0 unspecified atom stereocenters. The zero-order valence-electron chi connectivity index (χ0n) is 9.56. The molecule has 0 saturated carbocycles. The van der Waals surface area contributed by atoms with Crippen LogP contribution in [0.25, 0.3) is 0 Å². The molecule has 1 rings (SSSR count). The largest absolute Gasteiger partial charge is 0.496 e. The van der Waals surface area contributed by atoms with Crippen LogP contribution in [0.15, 0.2) is 15.3 Å². The smallest absolute Gasteiger partial charge is 0.339 e. The number of hydrogen-bond acceptors (Lipinski definition) is 5. The summed E-state index contributed by atoms with van der Waals surface area (Å²) in [6.45, 7) is 2.99. The molecule has 1 aromatic heterocycles. The minimum atomic E-state index is -0.680. The van der Waals surface area contributed by atoms with Crippen molar-refractivity contribution >= 4 is 0 Å². The maximum Gasteiger partial charge on any atom is 0.339 e. The Kier molecular flexibility index (Phi) is 4.09. The second kappa shape index (κ2) is 5.14. The van der Waals surface area contributed by atoms with Crippen LogP contribution in [0.2, 0.25) is 0 Å². The Morgan fingerprint density at radius 2 is 2.12 bits per heavy atom. The highest BCUT2D eigenvalue weighted by Crippen LogP contribution is 2.28. The van der Waals surface area contributed by atoms with Crippen molar-refractivity contribution in [1.82, 2.24) is 0 Å². The predicted octanol–water partition coefficient (Wildman–Crippen LogP) is 0.625. The van der Waals surface area contributed by atoms with E-state index >= 15 is 0 Å². The molecule has 2 N–H and O–H groups in total. The third kappa shape index (κ3) is 2.43. The van der Waals surface area contributed by atoms with Gasteiger partial charge in [-0.2, -0.15) is 0 Å². The van der Waals surface area contributed by atoms with E-state index in [4.69, 9.17) is 9.15 Å². The van der Waals surface area contributed by atoms with Crippen molar-refractivity contribution in [2.45, 2.75) is 32.5 Å². The van der Waals surface area contributed by atoms with Gasteiger partial charge >= 0.3 is 5.63 Å². The number of aliphatic hydroxyl groups excluding tert-OH is 2. The Morgan fingerprint density at radius 1 is 1.50 bits per heavy atom. The average molecular weight is 228 g/mol. The summed E-state index contributed by atoms with van der Waals surface area (Å²) in [5.41, 5.74) is -0.160.